The van der Waals surface area contributed by atoms with Gasteiger partial charge in [0.25, 0.3) is 0 Å². The minimum absolute atomic E-state index is 0.459. The molecule has 1 aromatic rings. The first-order chi connectivity index (χ1) is 6.83. The molecule has 78 valence electrons. The van der Waals surface area contributed by atoms with Crippen LogP contribution in [0.15, 0.2) is 12.4 Å². The Morgan fingerprint density at radius 3 is 3.07 bits per heavy atom. The molecule has 0 radical (unpaired) electrons. The Morgan fingerprint density at radius 2 is 2.50 bits per heavy atom. The van der Waals surface area contributed by atoms with Gasteiger partial charge in [0.1, 0.15) is 0 Å². The number of hydrogen-bond acceptors (Lipinski definition) is 3. The minimum atomic E-state index is 0.459. The van der Waals surface area contributed by atoms with Crippen molar-refractivity contribution in [3.05, 3.63) is 18.0 Å². The van der Waals surface area contributed by atoms with Crippen molar-refractivity contribution in [3.63, 3.8) is 0 Å². The van der Waals surface area contributed by atoms with E-state index in [1.54, 1.807) is 0 Å². The summed E-state index contributed by atoms with van der Waals surface area (Å²) in [6, 6.07) is 0.676. The van der Waals surface area contributed by atoms with Crippen LogP contribution in [0.1, 0.15) is 31.2 Å². The van der Waals surface area contributed by atoms with E-state index in [9.17, 15) is 0 Å². The van der Waals surface area contributed by atoms with Crippen LogP contribution in [0.2, 0.25) is 0 Å². The molecule has 1 aromatic heterocycles. The van der Waals surface area contributed by atoms with Crippen LogP contribution in [0.3, 0.4) is 0 Å². The van der Waals surface area contributed by atoms with Crippen LogP contribution < -0.4 is 5.32 Å². The summed E-state index contributed by atoms with van der Waals surface area (Å²) in [6.07, 6.45) is 5.33. The van der Waals surface area contributed by atoms with Crippen molar-refractivity contribution in [2.45, 2.75) is 38.2 Å². The monoisotopic (exact) mass is 211 g/mol. The quantitative estimate of drug-likeness (QED) is 0.829. The molecule has 4 heteroatoms. The van der Waals surface area contributed by atoms with Crippen LogP contribution in [0, 0.1) is 0 Å². The van der Waals surface area contributed by atoms with Crippen molar-refractivity contribution in [1.29, 1.82) is 0 Å². The van der Waals surface area contributed by atoms with Gasteiger partial charge in [-0.05, 0) is 13.3 Å². The van der Waals surface area contributed by atoms with Gasteiger partial charge in [-0.15, -0.1) is 11.8 Å². The van der Waals surface area contributed by atoms with Crippen LogP contribution in [0.25, 0.3) is 0 Å². The molecular formula is C10H17N3S. The zero-order valence-corrected chi connectivity index (χ0v) is 9.55. The summed E-state index contributed by atoms with van der Waals surface area (Å²) in [5, 5.41) is 8.36. The molecule has 2 heterocycles. The third kappa shape index (κ3) is 1.96. The van der Waals surface area contributed by atoms with Crippen molar-refractivity contribution in [1.82, 2.24) is 15.1 Å². The van der Waals surface area contributed by atoms with Crippen LogP contribution in [-0.2, 0) is 6.54 Å². The van der Waals surface area contributed by atoms with Crippen molar-refractivity contribution in [3.8, 4) is 0 Å². The van der Waals surface area contributed by atoms with E-state index in [1.165, 1.54) is 17.7 Å². The summed E-state index contributed by atoms with van der Waals surface area (Å²) in [7, 11) is 0. The predicted octanol–water partition coefficient (Wildman–Crippen LogP) is 2.02. The highest BCUT2D eigenvalue weighted by atomic mass is 32.2. The van der Waals surface area contributed by atoms with Gasteiger partial charge in [-0.1, -0.05) is 6.92 Å². The molecule has 1 aliphatic rings. The SMILES string of the molecule is CCC1CSC(c2cnn(CC)c2)N1. The smallest absolute Gasteiger partial charge is 0.0823 e. The number of aromatic nitrogens is 2. The summed E-state index contributed by atoms with van der Waals surface area (Å²) < 4.78 is 1.98. The van der Waals surface area contributed by atoms with Crippen LogP contribution in [0.5, 0.6) is 0 Å². The zero-order valence-electron chi connectivity index (χ0n) is 8.73. The topological polar surface area (TPSA) is 29.9 Å². The number of hydrogen-bond donors (Lipinski definition) is 1. The lowest BCUT2D eigenvalue weighted by atomic mass is 10.2. The van der Waals surface area contributed by atoms with E-state index in [4.69, 9.17) is 0 Å². The maximum Gasteiger partial charge on any atom is 0.0823 e. The third-order valence-corrected chi connectivity index (χ3v) is 3.96. The minimum Gasteiger partial charge on any atom is -0.298 e. The second kappa shape index (κ2) is 4.36. The van der Waals surface area contributed by atoms with Crippen LogP contribution in [-0.4, -0.2) is 21.6 Å². The predicted molar refractivity (Wildman–Crippen MR) is 60.3 cm³/mol. The van der Waals surface area contributed by atoms with Gasteiger partial charge >= 0.3 is 0 Å². The Kier molecular flexibility index (Phi) is 3.13. The summed E-state index contributed by atoms with van der Waals surface area (Å²) in [6.45, 7) is 5.30. The van der Waals surface area contributed by atoms with Crippen molar-refractivity contribution < 1.29 is 0 Å². The summed E-state index contributed by atoms with van der Waals surface area (Å²) in [4.78, 5) is 0. The molecule has 2 rings (SSSR count). The Hall–Kier alpha value is -0.480. The molecule has 1 N–H and O–H groups in total. The Balaban J connectivity index is 2.02. The highest BCUT2D eigenvalue weighted by molar-refractivity contribution is 7.99. The van der Waals surface area contributed by atoms with Gasteiger partial charge in [0, 0.05) is 30.1 Å². The van der Waals surface area contributed by atoms with Gasteiger partial charge in [0.15, 0.2) is 0 Å². The Morgan fingerprint density at radius 1 is 1.64 bits per heavy atom. The molecular weight excluding hydrogens is 194 g/mol. The molecule has 0 saturated carbocycles. The highest BCUT2D eigenvalue weighted by Gasteiger charge is 2.24. The first-order valence-electron chi connectivity index (χ1n) is 5.23. The standard InChI is InChI=1S/C10H17N3S/c1-3-9-7-14-10(12-9)8-5-11-13(4-2)6-8/h5-6,9-10,12H,3-4,7H2,1-2H3. The van der Waals surface area contributed by atoms with Gasteiger partial charge in [-0.2, -0.15) is 5.10 Å². The summed E-state index contributed by atoms with van der Waals surface area (Å²) in [5.41, 5.74) is 1.31. The van der Waals surface area contributed by atoms with Crippen LogP contribution >= 0.6 is 11.8 Å². The van der Waals surface area contributed by atoms with Gasteiger partial charge in [0.05, 0.1) is 11.6 Å². The molecule has 0 aliphatic carbocycles. The summed E-state index contributed by atoms with van der Waals surface area (Å²) in [5.74, 6) is 1.22. The molecule has 2 atom stereocenters. The number of aryl methyl sites for hydroxylation is 1. The molecule has 1 saturated heterocycles. The lowest BCUT2D eigenvalue weighted by molar-refractivity contribution is 0.561. The molecule has 0 aromatic carbocycles. The second-order valence-electron chi connectivity index (χ2n) is 3.61. The van der Waals surface area contributed by atoms with E-state index >= 15 is 0 Å². The fourth-order valence-corrected chi connectivity index (χ4v) is 3.00. The first-order valence-corrected chi connectivity index (χ1v) is 6.28. The van der Waals surface area contributed by atoms with Crippen molar-refractivity contribution in [2.24, 2.45) is 0 Å². The fraction of sp³-hybridized carbons (Fsp3) is 0.700. The number of thioether (sulfide) groups is 1. The summed E-state index contributed by atoms with van der Waals surface area (Å²) >= 11 is 1.99. The average molecular weight is 211 g/mol. The van der Waals surface area contributed by atoms with E-state index in [0.29, 0.717) is 11.4 Å². The molecule has 3 nitrogen and oxygen atoms in total. The molecule has 1 fully saturated rings. The Bertz CT molecular complexity index is 297. The van der Waals surface area contributed by atoms with Crippen molar-refractivity contribution in [2.75, 3.05) is 5.75 Å². The Labute approximate surface area is 89.3 Å². The molecule has 2 unspecified atom stereocenters. The van der Waals surface area contributed by atoms with Crippen LogP contribution in [0.4, 0.5) is 0 Å². The fourth-order valence-electron chi connectivity index (χ4n) is 1.64. The van der Waals surface area contributed by atoms with Gasteiger partial charge in [0.2, 0.25) is 0 Å². The number of rotatable bonds is 3. The zero-order chi connectivity index (χ0) is 9.97. The molecule has 0 bridgehead atoms. The van der Waals surface area contributed by atoms with Gasteiger partial charge in [-0.3, -0.25) is 10.00 Å². The largest absolute Gasteiger partial charge is 0.298 e. The molecule has 1 aliphatic heterocycles. The third-order valence-electron chi connectivity index (χ3n) is 2.62. The van der Waals surface area contributed by atoms with E-state index in [1.807, 2.05) is 22.6 Å². The normalized spacial score (nSPS) is 27.0. The van der Waals surface area contributed by atoms with E-state index in [-0.39, 0.29) is 0 Å². The second-order valence-corrected chi connectivity index (χ2v) is 4.75. The lowest BCUT2D eigenvalue weighted by Crippen LogP contribution is -2.24. The molecule has 14 heavy (non-hydrogen) atoms. The van der Waals surface area contributed by atoms with E-state index in [0.717, 1.165) is 6.54 Å². The average Bonchev–Trinajstić information content (AvgIpc) is 2.86. The van der Waals surface area contributed by atoms with Crippen molar-refractivity contribution >= 4 is 11.8 Å². The molecule has 0 spiro atoms. The molecule has 0 amide bonds. The number of nitrogens with zero attached hydrogens (tertiary/aromatic N) is 2. The lowest BCUT2D eigenvalue weighted by Gasteiger charge is -2.09. The van der Waals surface area contributed by atoms with E-state index in [2.05, 4.69) is 30.5 Å². The highest BCUT2D eigenvalue weighted by Crippen LogP contribution is 2.33. The van der Waals surface area contributed by atoms with E-state index < -0.39 is 0 Å². The number of nitrogens with one attached hydrogen (secondary N) is 1. The first kappa shape index (κ1) is 10.1. The van der Waals surface area contributed by atoms with Gasteiger partial charge in [-0.25, -0.2) is 0 Å². The maximum atomic E-state index is 4.29. The van der Waals surface area contributed by atoms with Gasteiger partial charge < -0.3 is 0 Å². The maximum absolute atomic E-state index is 4.29.